The highest BCUT2D eigenvalue weighted by Gasteiger charge is 2.41. The summed E-state index contributed by atoms with van der Waals surface area (Å²) >= 11 is 9.28. The Morgan fingerprint density at radius 2 is 1.30 bits per heavy atom. The van der Waals surface area contributed by atoms with E-state index < -0.39 is 11.8 Å². The van der Waals surface area contributed by atoms with Gasteiger partial charge in [0, 0.05) is 0 Å². The van der Waals surface area contributed by atoms with Crippen LogP contribution in [0.5, 0.6) is 11.5 Å². The van der Waals surface area contributed by atoms with Crippen LogP contribution in [0, 0.1) is 0 Å². The van der Waals surface area contributed by atoms with Gasteiger partial charge in [-0.2, -0.15) is 0 Å². The van der Waals surface area contributed by atoms with Gasteiger partial charge in [0.15, 0.2) is 16.6 Å². The number of thiocarbonyl (C=S) groups is 1. The van der Waals surface area contributed by atoms with Crippen molar-refractivity contribution in [2.75, 3.05) is 16.4 Å². The normalized spacial score (nSPS) is 13.4. The number of hydrogen-bond donors (Lipinski definition) is 0. The van der Waals surface area contributed by atoms with Crippen molar-refractivity contribution in [1.29, 1.82) is 0 Å². The topological polar surface area (TPSA) is 59.1 Å². The van der Waals surface area contributed by atoms with Crippen molar-refractivity contribution < 1.29 is 19.1 Å². The van der Waals surface area contributed by atoms with Crippen molar-refractivity contribution in [3.63, 3.8) is 0 Å². The molecule has 0 saturated carbocycles. The Morgan fingerprint density at radius 3 is 1.82 bits per heavy atom. The molecule has 6 nitrogen and oxygen atoms in total. The van der Waals surface area contributed by atoms with E-state index in [0.717, 1.165) is 5.56 Å². The predicted molar refractivity (Wildman–Crippen MR) is 165 cm³/mol. The Kier molecular flexibility index (Phi) is 8.38. The van der Waals surface area contributed by atoms with Gasteiger partial charge >= 0.3 is 0 Å². The van der Waals surface area contributed by atoms with Crippen LogP contribution in [-0.2, 0) is 16.2 Å². The molecule has 0 radical (unpaired) electrons. The molecule has 0 aliphatic carbocycles. The van der Waals surface area contributed by atoms with E-state index in [1.54, 1.807) is 42.5 Å². The van der Waals surface area contributed by atoms with Crippen LogP contribution >= 0.6 is 28.1 Å². The lowest BCUT2D eigenvalue weighted by Crippen LogP contribution is -2.56. The molecule has 2 amide bonds. The Labute approximate surface area is 246 Å². The maximum absolute atomic E-state index is 13.8. The molecule has 4 aromatic rings. The summed E-state index contributed by atoms with van der Waals surface area (Å²) in [5.41, 5.74) is 2.70. The van der Waals surface area contributed by atoms with E-state index in [-0.39, 0.29) is 10.7 Å². The van der Waals surface area contributed by atoms with Crippen LogP contribution in [0.15, 0.2) is 113 Å². The molecule has 0 aromatic heterocycles. The Morgan fingerprint density at radius 1 is 0.775 bits per heavy atom. The third kappa shape index (κ3) is 5.68. The predicted octanol–water partition coefficient (Wildman–Crippen LogP) is 7.18. The minimum Gasteiger partial charge on any atom is -0.490 e. The first kappa shape index (κ1) is 27.3. The Bertz CT molecular complexity index is 1510. The molecule has 0 N–H and O–H groups in total. The Balaban J connectivity index is 1.56. The molecule has 1 aliphatic heterocycles. The maximum atomic E-state index is 13.8. The summed E-state index contributed by atoms with van der Waals surface area (Å²) < 4.78 is 12.6. The summed E-state index contributed by atoms with van der Waals surface area (Å²) in [6.45, 7) is 2.64. The zero-order valence-corrected chi connectivity index (χ0v) is 24.0. The molecule has 0 spiro atoms. The number of carbonyl (C=O) groups excluding carboxylic acids is 2. The largest absolute Gasteiger partial charge is 0.490 e. The summed E-state index contributed by atoms with van der Waals surface area (Å²) in [6, 6.07) is 31.5. The van der Waals surface area contributed by atoms with Crippen LogP contribution in [0.1, 0.15) is 18.1 Å². The molecule has 4 aromatic carbocycles. The van der Waals surface area contributed by atoms with E-state index in [4.69, 9.17) is 21.7 Å². The van der Waals surface area contributed by atoms with Gasteiger partial charge in [-0.15, -0.1) is 0 Å². The molecule has 0 unspecified atom stereocenters. The van der Waals surface area contributed by atoms with Crippen molar-refractivity contribution in [3.05, 3.63) is 124 Å². The molecule has 40 heavy (non-hydrogen) atoms. The summed E-state index contributed by atoms with van der Waals surface area (Å²) in [4.78, 5) is 30.4. The zero-order chi connectivity index (χ0) is 28.1. The van der Waals surface area contributed by atoms with Crippen LogP contribution < -0.4 is 19.3 Å². The van der Waals surface area contributed by atoms with Crippen LogP contribution in [-0.4, -0.2) is 23.5 Å². The lowest BCUT2D eigenvalue weighted by atomic mass is 10.0. The first-order chi connectivity index (χ1) is 19.5. The second-order valence-electron chi connectivity index (χ2n) is 8.83. The molecule has 1 saturated heterocycles. The maximum Gasteiger partial charge on any atom is 0.270 e. The van der Waals surface area contributed by atoms with Gasteiger partial charge < -0.3 is 9.47 Å². The van der Waals surface area contributed by atoms with Gasteiger partial charge in [0.2, 0.25) is 0 Å². The van der Waals surface area contributed by atoms with Crippen LogP contribution in [0.2, 0.25) is 0 Å². The molecule has 200 valence electrons. The van der Waals surface area contributed by atoms with E-state index in [0.29, 0.717) is 46.1 Å². The standard InChI is InChI=1S/C32H25BrN2O4S/c1-2-38-28-20-23(19-27(33)29(28)39-21-22-12-6-3-7-13-22)18-26-30(36)34(24-14-8-4-9-15-24)32(40)35(31(26)37)25-16-10-5-11-17-25/h3-20H,2,21H2,1H3. The summed E-state index contributed by atoms with van der Waals surface area (Å²) in [5, 5.41) is 0.0883. The molecule has 1 heterocycles. The zero-order valence-electron chi connectivity index (χ0n) is 21.6. The molecular weight excluding hydrogens is 588 g/mol. The molecule has 1 fully saturated rings. The molecule has 5 rings (SSSR count). The van der Waals surface area contributed by atoms with E-state index in [9.17, 15) is 9.59 Å². The minimum atomic E-state index is -0.508. The minimum absolute atomic E-state index is 0.0337. The van der Waals surface area contributed by atoms with E-state index in [2.05, 4.69) is 15.9 Å². The average molecular weight is 614 g/mol. The van der Waals surface area contributed by atoms with Crippen LogP contribution in [0.25, 0.3) is 6.08 Å². The van der Waals surface area contributed by atoms with E-state index in [1.807, 2.05) is 73.7 Å². The molecule has 0 atom stereocenters. The van der Waals surface area contributed by atoms with Gasteiger partial charge in [0.05, 0.1) is 22.5 Å². The molecule has 0 bridgehead atoms. The quantitative estimate of drug-likeness (QED) is 0.120. The molecular formula is C32H25BrN2O4S. The number of para-hydroxylation sites is 2. The van der Waals surface area contributed by atoms with Gasteiger partial charge in [0.25, 0.3) is 11.8 Å². The van der Waals surface area contributed by atoms with Crippen molar-refractivity contribution in [3.8, 4) is 11.5 Å². The fourth-order valence-corrected chi connectivity index (χ4v) is 5.26. The average Bonchev–Trinajstić information content (AvgIpc) is 2.97. The van der Waals surface area contributed by atoms with Gasteiger partial charge in [-0.1, -0.05) is 66.7 Å². The van der Waals surface area contributed by atoms with Crippen LogP contribution in [0.4, 0.5) is 11.4 Å². The number of rotatable bonds is 8. The number of hydrogen-bond acceptors (Lipinski definition) is 5. The lowest BCUT2D eigenvalue weighted by Gasteiger charge is -2.36. The number of anilines is 2. The van der Waals surface area contributed by atoms with E-state index in [1.165, 1.54) is 9.80 Å². The van der Waals surface area contributed by atoms with Gasteiger partial charge in [0.1, 0.15) is 12.2 Å². The smallest absolute Gasteiger partial charge is 0.270 e. The fraction of sp³-hybridized carbons (Fsp3) is 0.0938. The van der Waals surface area contributed by atoms with E-state index >= 15 is 0 Å². The van der Waals surface area contributed by atoms with Gasteiger partial charge in [-0.25, -0.2) is 0 Å². The molecule has 8 heteroatoms. The summed E-state index contributed by atoms with van der Waals surface area (Å²) in [5.74, 6) is 0.0107. The number of nitrogens with zero attached hydrogens (tertiary/aromatic N) is 2. The van der Waals surface area contributed by atoms with Gasteiger partial charge in [-0.05, 0) is 88.7 Å². The molecule has 1 aliphatic rings. The monoisotopic (exact) mass is 612 g/mol. The summed E-state index contributed by atoms with van der Waals surface area (Å²) in [7, 11) is 0. The number of amides is 2. The third-order valence-electron chi connectivity index (χ3n) is 6.15. The van der Waals surface area contributed by atoms with Crippen LogP contribution in [0.3, 0.4) is 0 Å². The summed E-state index contributed by atoms with van der Waals surface area (Å²) in [6.07, 6.45) is 1.56. The first-order valence-corrected chi connectivity index (χ1v) is 13.9. The highest BCUT2D eigenvalue weighted by molar-refractivity contribution is 9.10. The van der Waals surface area contributed by atoms with Crippen molar-refractivity contribution in [2.24, 2.45) is 0 Å². The Hall–Kier alpha value is -4.27. The fourth-order valence-electron chi connectivity index (χ4n) is 4.31. The number of carbonyl (C=O) groups is 2. The van der Waals surface area contributed by atoms with Gasteiger partial charge in [-0.3, -0.25) is 19.4 Å². The second-order valence-corrected chi connectivity index (χ2v) is 10.0. The first-order valence-electron chi connectivity index (χ1n) is 12.7. The van der Waals surface area contributed by atoms with Crippen molar-refractivity contribution >= 4 is 62.5 Å². The second kappa shape index (κ2) is 12.3. The van der Waals surface area contributed by atoms with Crippen molar-refractivity contribution in [1.82, 2.24) is 0 Å². The SMILES string of the molecule is CCOc1cc(C=C2C(=O)N(c3ccccc3)C(=S)N(c3ccccc3)C2=O)cc(Br)c1OCc1ccccc1. The highest BCUT2D eigenvalue weighted by Crippen LogP contribution is 2.39. The van der Waals surface area contributed by atoms with Crippen molar-refractivity contribution in [2.45, 2.75) is 13.5 Å². The number of ether oxygens (including phenoxy) is 2. The highest BCUT2D eigenvalue weighted by atomic mass is 79.9. The lowest BCUT2D eigenvalue weighted by molar-refractivity contribution is -0.120. The third-order valence-corrected chi connectivity index (χ3v) is 7.10. The number of benzene rings is 4. The number of halogens is 1.